The molecule has 1 heterocycles. The molecule has 0 aliphatic carbocycles. The number of nitrogens with zero attached hydrogens (tertiary/aromatic N) is 2. The Morgan fingerprint density at radius 3 is 2.15 bits per heavy atom. The first kappa shape index (κ1) is 28.9. The van der Waals surface area contributed by atoms with E-state index in [0.29, 0.717) is 23.8 Å². The molecule has 1 aliphatic heterocycles. The second-order valence-electron chi connectivity index (χ2n) is 10.5. The standard InChI is InChI=1S/C34H40N2O4/c1-7-20-40-29-19-14-26(21-23(29)6)32(37)30-31(25-12-15-27(16-13-25)35(8-2)9-3)36(34(39)33(30)38)28-17-10-24(11-18-28)22(4)5/h10-19,21-22,31,37H,7-9,20H2,1-6H3/b32-30-. The van der Waals surface area contributed by atoms with Crippen LogP contribution in [-0.4, -0.2) is 36.5 Å². The summed E-state index contributed by atoms with van der Waals surface area (Å²) in [5.74, 6) is -0.487. The topological polar surface area (TPSA) is 70.1 Å². The summed E-state index contributed by atoms with van der Waals surface area (Å²) >= 11 is 0. The van der Waals surface area contributed by atoms with Crippen LogP contribution in [0.2, 0.25) is 0 Å². The SMILES string of the molecule is CCCOc1ccc(/C(O)=C2/C(=O)C(=O)N(c3ccc(C(C)C)cc3)C2c2ccc(N(CC)CC)cc2)cc1C. The molecule has 1 N–H and O–H groups in total. The van der Waals surface area contributed by atoms with Crippen molar-refractivity contribution in [2.75, 3.05) is 29.5 Å². The zero-order valence-electron chi connectivity index (χ0n) is 24.4. The Balaban J connectivity index is 1.85. The maximum absolute atomic E-state index is 13.6. The number of aliphatic hydroxyl groups excluding tert-OH is 1. The maximum Gasteiger partial charge on any atom is 0.300 e. The van der Waals surface area contributed by atoms with E-state index in [1.54, 1.807) is 18.2 Å². The lowest BCUT2D eigenvalue weighted by Crippen LogP contribution is -2.29. The van der Waals surface area contributed by atoms with Crippen LogP contribution in [0.15, 0.2) is 72.3 Å². The van der Waals surface area contributed by atoms with Gasteiger partial charge in [0, 0.05) is 30.0 Å². The van der Waals surface area contributed by atoms with Crippen molar-refractivity contribution in [3.8, 4) is 5.75 Å². The smallest absolute Gasteiger partial charge is 0.300 e. The number of ether oxygens (including phenoxy) is 1. The van der Waals surface area contributed by atoms with Gasteiger partial charge < -0.3 is 14.7 Å². The first-order chi connectivity index (χ1) is 19.2. The molecule has 6 nitrogen and oxygen atoms in total. The van der Waals surface area contributed by atoms with Crippen molar-refractivity contribution in [2.24, 2.45) is 0 Å². The largest absolute Gasteiger partial charge is 0.507 e. The van der Waals surface area contributed by atoms with Crippen LogP contribution in [0.25, 0.3) is 5.76 Å². The van der Waals surface area contributed by atoms with Crippen molar-refractivity contribution in [1.29, 1.82) is 0 Å². The van der Waals surface area contributed by atoms with Crippen molar-refractivity contribution >= 4 is 28.8 Å². The number of benzene rings is 3. The number of anilines is 2. The molecule has 210 valence electrons. The lowest BCUT2D eigenvalue weighted by atomic mass is 9.94. The Hall–Kier alpha value is -4.06. The number of aryl methyl sites for hydroxylation is 1. The quantitative estimate of drug-likeness (QED) is 0.165. The van der Waals surface area contributed by atoms with E-state index in [1.165, 1.54) is 4.90 Å². The molecule has 40 heavy (non-hydrogen) atoms. The van der Waals surface area contributed by atoms with E-state index in [9.17, 15) is 14.7 Å². The summed E-state index contributed by atoms with van der Waals surface area (Å²) in [4.78, 5) is 30.9. The van der Waals surface area contributed by atoms with Crippen LogP contribution in [-0.2, 0) is 9.59 Å². The molecule has 0 spiro atoms. The third-order valence-electron chi connectivity index (χ3n) is 7.53. The van der Waals surface area contributed by atoms with Crippen molar-refractivity contribution in [1.82, 2.24) is 0 Å². The van der Waals surface area contributed by atoms with Gasteiger partial charge >= 0.3 is 0 Å². The van der Waals surface area contributed by atoms with Gasteiger partial charge in [-0.25, -0.2) is 0 Å². The summed E-state index contributed by atoms with van der Waals surface area (Å²) in [6, 6.07) is 20.2. The van der Waals surface area contributed by atoms with Crippen LogP contribution in [0.3, 0.4) is 0 Å². The van der Waals surface area contributed by atoms with E-state index in [-0.39, 0.29) is 11.3 Å². The molecule has 3 aromatic carbocycles. The van der Waals surface area contributed by atoms with Crippen LogP contribution >= 0.6 is 0 Å². The molecule has 1 atom stereocenters. The van der Waals surface area contributed by atoms with Gasteiger partial charge in [0.05, 0.1) is 18.2 Å². The summed E-state index contributed by atoms with van der Waals surface area (Å²) in [6.45, 7) is 14.7. The number of amides is 1. The fourth-order valence-electron chi connectivity index (χ4n) is 5.22. The van der Waals surface area contributed by atoms with Gasteiger partial charge in [0.25, 0.3) is 11.7 Å². The fraction of sp³-hybridized carbons (Fsp3) is 0.353. The summed E-state index contributed by atoms with van der Waals surface area (Å²) in [6.07, 6.45) is 0.885. The number of aliphatic hydroxyl groups is 1. The molecule has 1 aliphatic rings. The number of carbonyl (C=O) groups is 2. The lowest BCUT2D eigenvalue weighted by molar-refractivity contribution is -0.132. The molecule has 0 saturated carbocycles. The van der Waals surface area contributed by atoms with Gasteiger partial charge in [0.2, 0.25) is 0 Å². The number of carbonyl (C=O) groups excluding carboxylic acids is 2. The molecule has 1 unspecified atom stereocenters. The van der Waals surface area contributed by atoms with Gasteiger partial charge in [-0.3, -0.25) is 14.5 Å². The van der Waals surface area contributed by atoms with E-state index in [0.717, 1.165) is 47.6 Å². The average Bonchev–Trinajstić information content (AvgIpc) is 3.23. The summed E-state index contributed by atoms with van der Waals surface area (Å²) in [5, 5.41) is 11.6. The number of hydrogen-bond acceptors (Lipinski definition) is 5. The molecule has 6 heteroatoms. The first-order valence-electron chi connectivity index (χ1n) is 14.2. The monoisotopic (exact) mass is 540 g/mol. The molecule has 3 aromatic rings. The van der Waals surface area contributed by atoms with Crippen LogP contribution in [0.4, 0.5) is 11.4 Å². The molecular weight excluding hydrogens is 500 g/mol. The highest BCUT2D eigenvalue weighted by atomic mass is 16.5. The highest BCUT2D eigenvalue weighted by molar-refractivity contribution is 6.51. The first-order valence-corrected chi connectivity index (χ1v) is 14.2. The number of hydrogen-bond donors (Lipinski definition) is 1. The predicted octanol–water partition coefficient (Wildman–Crippen LogP) is 7.38. The van der Waals surface area contributed by atoms with Crippen molar-refractivity contribution in [3.05, 3.63) is 94.6 Å². The van der Waals surface area contributed by atoms with Crippen LogP contribution < -0.4 is 14.5 Å². The van der Waals surface area contributed by atoms with E-state index in [1.807, 2.05) is 62.4 Å². The highest BCUT2D eigenvalue weighted by Crippen LogP contribution is 2.43. The van der Waals surface area contributed by atoms with Gasteiger partial charge in [-0.2, -0.15) is 0 Å². The Kier molecular flexibility index (Phi) is 8.98. The Morgan fingerprint density at radius 2 is 1.60 bits per heavy atom. The summed E-state index contributed by atoms with van der Waals surface area (Å²) in [7, 11) is 0. The normalized spacial score (nSPS) is 16.6. The Bertz CT molecular complexity index is 1390. The number of Topliss-reactive ketones (excluding diaryl/α,β-unsaturated/α-hetero) is 1. The molecular formula is C34H40N2O4. The third-order valence-corrected chi connectivity index (χ3v) is 7.53. The molecule has 1 amide bonds. The maximum atomic E-state index is 13.6. The van der Waals surface area contributed by atoms with Gasteiger partial charge in [0.15, 0.2) is 0 Å². The van der Waals surface area contributed by atoms with Crippen molar-refractivity contribution in [2.45, 2.75) is 59.9 Å². The van der Waals surface area contributed by atoms with Crippen molar-refractivity contribution < 1.29 is 19.4 Å². The van der Waals surface area contributed by atoms with E-state index < -0.39 is 17.7 Å². The number of ketones is 1. The van der Waals surface area contributed by atoms with Crippen LogP contribution in [0.1, 0.15) is 75.3 Å². The Morgan fingerprint density at radius 1 is 0.950 bits per heavy atom. The molecule has 1 saturated heterocycles. The van der Waals surface area contributed by atoms with Crippen molar-refractivity contribution in [3.63, 3.8) is 0 Å². The lowest BCUT2D eigenvalue weighted by Gasteiger charge is -2.27. The van der Waals surface area contributed by atoms with E-state index >= 15 is 0 Å². The second-order valence-corrected chi connectivity index (χ2v) is 10.5. The minimum Gasteiger partial charge on any atom is -0.507 e. The van der Waals surface area contributed by atoms with Gasteiger partial charge in [-0.15, -0.1) is 0 Å². The summed E-state index contributed by atoms with van der Waals surface area (Å²) < 4.78 is 5.79. The zero-order chi connectivity index (χ0) is 29.0. The zero-order valence-corrected chi connectivity index (χ0v) is 24.4. The highest BCUT2D eigenvalue weighted by Gasteiger charge is 2.47. The second kappa shape index (κ2) is 12.4. The number of rotatable bonds is 10. The predicted molar refractivity (Wildman–Crippen MR) is 162 cm³/mol. The molecule has 0 aromatic heterocycles. The molecule has 4 rings (SSSR count). The fourth-order valence-corrected chi connectivity index (χ4v) is 5.22. The average molecular weight is 541 g/mol. The van der Waals surface area contributed by atoms with E-state index in [4.69, 9.17) is 4.74 Å². The van der Waals surface area contributed by atoms with Crippen LogP contribution in [0, 0.1) is 6.92 Å². The van der Waals surface area contributed by atoms with Crippen LogP contribution in [0.5, 0.6) is 5.75 Å². The van der Waals surface area contributed by atoms with Gasteiger partial charge in [-0.05, 0) is 92.3 Å². The minimum absolute atomic E-state index is 0.0788. The molecule has 0 radical (unpaired) electrons. The molecule has 1 fully saturated rings. The van der Waals surface area contributed by atoms with E-state index in [2.05, 4.69) is 32.6 Å². The minimum atomic E-state index is -0.771. The van der Waals surface area contributed by atoms with Gasteiger partial charge in [0.1, 0.15) is 11.5 Å². The third kappa shape index (κ3) is 5.62. The summed E-state index contributed by atoms with van der Waals surface area (Å²) in [5.41, 5.74) is 4.96. The van der Waals surface area contributed by atoms with Gasteiger partial charge in [-0.1, -0.05) is 45.0 Å². The Labute approximate surface area is 237 Å². The molecule has 0 bridgehead atoms.